The van der Waals surface area contributed by atoms with Crippen molar-refractivity contribution in [3.05, 3.63) is 78.5 Å². The van der Waals surface area contributed by atoms with Gasteiger partial charge >= 0.3 is 17.9 Å². The summed E-state index contributed by atoms with van der Waals surface area (Å²) in [7, 11) is 2.72. The second kappa shape index (κ2) is 15.9. The first-order valence-corrected chi connectivity index (χ1v) is 15.6. The molecule has 0 radical (unpaired) electrons. The SMILES string of the molecule is CCOC(=O)COc1c(/C=c2/sc3n(c2=O)[C@@H](c2ccc(OCC(=O)OC)c(OCC)c2)C(C(=O)OCC)=C(C)N=3)cccc1OC. The third-order valence-corrected chi connectivity index (χ3v) is 7.81. The molecule has 0 amide bonds. The summed E-state index contributed by atoms with van der Waals surface area (Å²) in [5, 5.41) is 0. The number of allylic oxidation sites excluding steroid dienone is 1. The summed E-state index contributed by atoms with van der Waals surface area (Å²) in [5.74, 6) is -0.575. The van der Waals surface area contributed by atoms with Gasteiger partial charge in [-0.2, -0.15) is 0 Å². The lowest BCUT2D eigenvalue weighted by atomic mass is 9.95. The van der Waals surface area contributed by atoms with Crippen LogP contribution in [0.5, 0.6) is 23.0 Å². The van der Waals surface area contributed by atoms with E-state index in [0.29, 0.717) is 33.1 Å². The molecule has 13 nitrogen and oxygen atoms in total. The number of fused-ring (bicyclic) bond motifs is 1. The Balaban J connectivity index is 1.89. The van der Waals surface area contributed by atoms with E-state index in [9.17, 15) is 19.2 Å². The minimum atomic E-state index is -0.939. The fourth-order valence-corrected chi connectivity index (χ4v) is 5.86. The van der Waals surface area contributed by atoms with E-state index in [1.54, 1.807) is 70.2 Å². The van der Waals surface area contributed by atoms with Crippen molar-refractivity contribution in [2.45, 2.75) is 33.7 Å². The number of esters is 3. The van der Waals surface area contributed by atoms with Crippen molar-refractivity contribution >= 4 is 35.3 Å². The van der Waals surface area contributed by atoms with E-state index < -0.39 is 29.5 Å². The van der Waals surface area contributed by atoms with E-state index in [0.717, 1.165) is 11.3 Å². The summed E-state index contributed by atoms with van der Waals surface area (Å²) in [6.45, 7) is 6.74. The summed E-state index contributed by atoms with van der Waals surface area (Å²) >= 11 is 1.12. The molecule has 1 aliphatic heterocycles. The number of benzene rings is 2. The van der Waals surface area contributed by atoms with Gasteiger partial charge in [-0.1, -0.05) is 29.5 Å². The van der Waals surface area contributed by atoms with E-state index in [-0.39, 0.29) is 54.6 Å². The molecule has 2 heterocycles. The Morgan fingerprint density at radius 1 is 0.894 bits per heavy atom. The Hall–Kier alpha value is -5.11. The number of hydrogen-bond acceptors (Lipinski definition) is 13. The number of aromatic nitrogens is 1. The van der Waals surface area contributed by atoms with Gasteiger partial charge < -0.3 is 33.2 Å². The number of thiazole rings is 1. The number of nitrogens with zero attached hydrogens (tertiary/aromatic N) is 2. The van der Waals surface area contributed by atoms with E-state index in [2.05, 4.69) is 9.73 Å². The molecular formula is C33H36N2O11S. The van der Waals surface area contributed by atoms with Crippen LogP contribution in [0.25, 0.3) is 6.08 Å². The highest BCUT2D eigenvalue weighted by atomic mass is 32.1. The zero-order valence-electron chi connectivity index (χ0n) is 26.9. The fraction of sp³-hybridized carbons (Fsp3) is 0.364. The van der Waals surface area contributed by atoms with Crippen LogP contribution in [0.3, 0.4) is 0 Å². The number of rotatable bonds is 14. The molecule has 1 aromatic heterocycles. The van der Waals surface area contributed by atoms with Crippen LogP contribution in [0.4, 0.5) is 0 Å². The zero-order chi connectivity index (χ0) is 34.1. The van der Waals surface area contributed by atoms with Crippen LogP contribution in [0.1, 0.15) is 44.9 Å². The molecule has 0 unspecified atom stereocenters. The van der Waals surface area contributed by atoms with Crippen LogP contribution in [0, 0.1) is 0 Å². The molecule has 0 spiro atoms. The summed E-state index contributed by atoms with van der Waals surface area (Å²) in [5.41, 5.74) is 1.11. The Morgan fingerprint density at radius 2 is 1.64 bits per heavy atom. The number of hydrogen-bond donors (Lipinski definition) is 0. The summed E-state index contributed by atoms with van der Waals surface area (Å²) in [4.78, 5) is 56.2. The average molecular weight is 669 g/mol. The molecule has 0 saturated carbocycles. The summed E-state index contributed by atoms with van der Waals surface area (Å²) in [6, 6.07) is 9.10. The number of para-hydroxylation sites is 1. The minimum absolute atomic E-state index is 0.113. The molecule has 2 aromatic carbocycles. The Morgan fingerprint density at radius 3 is 2.32 bits per heavy atom. The lowest BCUT2D eigenvalue weighted by Crippen LogP contribution is -2.40. The van der Waals surface area contributed by atoms with Crippen molar-refractivity contribution in [1.29, 1.82) is 0 Å². The van der Waals surface area contributed by atoms with Gasteiger partial charge in [0.15, 0.2) is 41.0 Å². The predicted octanol–water partition coefficient (Wildman–Crippen LogP) is 2.70. The van der Waals surface area contributed by atoms with Gasteiger partial charge in [-0.25, -0.2) is 19.4 Å². The molecule has 14 heteroatoms. The Kier molecular flexibility index (Phi) is 11.8. The molecule has 47 heavy (non-hydrogen) atoms. The first-order chi connectivity index (χ1) is 22.7. The first kappa shape index (κ1) is 34.8. The van der Waals surface area contributed by atoms with Crippen LogP contribution >= 0.6 is 11.3 Å². The normalized spacial score (nSPS) is 14.1. The fourth-order valence-electron chi connectivity index (χ4n) is 4.82. The highest BCUT2D eigenvalue weighted by Gasteiger charge is 2.34. The largest absolute Gasteiger partial charge is 0.493 e. The lowest BCUT2D eigenvalue weighted by Gasteiger charge is -2.25. The molecule has 4 rings (SSSR count). The average Bonchev–Trinajstić information content (AvgIpc) is 3.36. The first-order valence-electron chi connectivity index (χ1n) is 14.8. The van der Waals surface area contributed by atoms with Gasteiger partial charge in [0.05, 0.1) is 55.9 Å². The van der Waals surface area contributed by atoms with E-state index in [1.165, 1.54) is 18.8 Å². The highest BCUT2D eigenvalue weighted by Crippen LogP contribution is 2.37. The number of methoxy groups -OCH3 is 2. The van der Waals surface area contributed by atoms with Gasteiger partial charge in [-0.05, 0) is 57.5 Å². The molecule has 0 aliphatic carbocycles. The summed E-state index contributed by atoms with van der Waals surface area (Å²) < 4.78 is 39.4. The van der Waals surface area contributed by atoms with Crippen molar-refractivity contribution < 1.29 is 47.5 Å². The molecule has 0 saturated heterocycles. The number of ether oxygens (including phenoxy) is 7. The van der Waals surface area contributed by atoms with Crippen LogP contribution in [0.2, 0.25) is 0 Å². The third kappa shape index (κ3) is 7.83. The summed E-state index contributed by atoms with van der Waals surface area (Å²) in [6.07, 6.45) is 1.61. The predicted molar refractivity (Wildman–Crippen MR) is 171 cm³/mol. The van der Waals surface area contributed by atoms with Gasteiger partial charge in [0.1, 0.15) is 0 Å². The van der Waals surface area contributed by atoms with Crippen LogP contribution in [-0.2, 0) is 28.6 Å². The topological polar surface area (TPSA) is 150 Å². The molecule has 0 fully saturated rings. The second-order valence-corrected chi connectivity index (χ2v) is 10.8. The van der Waals surface area contributed by atoms with Crippen molar-refractivity contribution in [1.82, 2.24) is 4.57 Å². The smallest absolute Gasteiger partial charge is 0.344 e. The van der Waals surface area contributed by atoms with Crippen LogP contribution < -0.4 is 33.8 Å². The molecule has 1 aliphatic rings. The van der Waals surface area contributed by atoms with Gasteiger partial charge in [-0.15, -0.1) is 0 Å². The lowest BCUT2D eigenvalue weighted by molar-refractivity contribution is -0.145. The standard InChI is InChI=1S/C33H36N2O11S/c1-7-42-24-15-20(13-14-22(24)45-17-26(36)41-6)29-28(32(39)44-9-3)19(4)34-33-35(29)31(38)25(47-33)16-21-11-10-12-23(40-5)30(21)46-18-27(37)43-8-2/h10-16,29H,7-9,17-18H2,1-6H3/b25-16+/t29-/m0/s1. The van der Waals surface area contributed by atoms with Gasteiger partial charge in [0.2, 0.25) is 0 Å². The molecule has 0 bridgehead atoms. The van der Waals surface area contributed by atoms with Crippen LogP contribution in [0.15, 0.2) is 57.5 Å². The Labute approximate surface area is 274 Å². The molecule has 0 N–H and O–H groups in total. The maximum Gasteiger partial charge on any atom is 0.344 e. The molecule has 3 aromatic rings. The number of carbonyl (C=O) groups is 3. The van der Waals surface area contributed by atoms with Gasteiger partial charge in [-0.3, -0.25) is 9.36 Å². The van der Waals surface area contributed by atoms with E-state index in [4.69, 9.17) is 28.4 Å². The molecular weight excluding hydrogens is 632 g/mol. The maximum absolute atomic E-state index is 14.2. The van der Waals surface area contributed by atoms with Crippen molar-refractivity contribution in [3.63, 3.8) is 0 Å². The van der Waals surface area contributed by atoms with Gasteiger partial charge in [0, 0.05) is 5.56 Å². The zero-order valence-corrected chi connectivity index (χ0v) is 27.8. The third-order valence-electron chi connectivity index (χ3n) is 6.83. The highest BCUT2D eigenvalue weighted by molar-refractivity contribution is 7.07. The minimum Gasteiger partial charge on any atom is -0.493 e. The molecule has 250 valence electrons. The second-order valence-electron chi connectivity index (χ2n) is 9.78. The number of carbonyl (C=O) groups excluding carboxylic acids is 3. The van der Waals surface area contributed by atoms with E-state index >= 15 is 0 Å². The maximum atomic E-state index is 14.2. The van der Waals surface area contributed by atoms with Crippen LogP contribution in [-0.4, -0.2) is 69.7 Å². The Bertz CT molecular complexity index is 1860. The van der Waals surface area contributed by atoms with Crippen molar-refractivity contribution in [3.8, 4) is 23.0 Å². The quantitative estimate of drug-likeness (QED) is 0.184. The van der Waals surface area contributed by atoms with Crippen molar-refractivity contribution in [2.24, 2.45) is 4.99 Å². The van der Waals surface area contributed by atoms with Crippen molar-refractivity contribution in [2.75, 3.05) is 47.3 Å². The molecule has 1 atom stereocenters. The van der Waals surface area contributed by atoms with Gasteiger partial charge in [0.25, 0.3) is 5.56 Å². The van der Waals surface area contributed by atoms with E-state index in [1.807, 2.05) is 0 Å². The monoisotopic (exact) mass is 668 g/mol.